The van der Waals surface area contributed by atoms with E-state index < -0.39 is 11.2 Å². The molecule has 0 bridgehead atoms. The lowest BCUT2D eigenvalue weighted by molar-refractivity contribution is -0.117. The zero-order chi connectivity index (χ0) is 24.8. The summed E-state index contributed by atoms with van der Waals surface area (Å²) in [6.45, 7) is 6.13. The summed E-state index contributed by atoms with van der Waals surface area (Å²) in [7, 11) is 1.55. The highest BCUT2D eigenvalue weighted by Gasteiger charge is 2.25. The van der Waals surface area contributed by atoms with Gasteiger partial charge in [0.05, 0.1) is 25.9 Å². The number of benzene rings is 2. The van der Waals surface area contributed by atoms with Crippen LogP contribution in [0.3, 0.4) is 0 Å². The Morgan fingerprint density at radius 3 is 2.53 bits per heavy atom. The molecule has 9 heteroatoms. The first-order valence-corrected chi connectivity index (χ1v) is 11.1. The molecule has 0 radical (unpaired) electrons. The zero-order valence-corrected chi connectivity index (χ0v) is 19.9. The number of nitrogen functional groups attached to an aromatic ring is 1. The molecule has 2 aromatic carbocycles. The van der Waals surface area contributed by atoms with E-state index in [0.29, 0.717) is 11.4 Å². The summed E-state index contributed by atoms with van der Waals surface area (Å²) in [5.74, 6) is 0.229. The quantitative estimate of drug-likeness (QED) is 0.446. The summed E-state index contributed by atoms with van der Waals surface area (Å²) in [6, 6.07) is 14.9. The van der Waals surface area contributed by atoms with Crippen molar-refractivity contribution in [3.63, 3.8) is 0 Å². The molecule has 3 rings (SSSR count). The largest absolute Gasteiger partial charge is 0.495 e. The van der Waals surface area contributed by atoms with Crippen molar-refractivity contribution in [2.24, 2.45) is 5.92 Å². The van der Waals surface area contributed by atoms with Gasteiger partial charge >= 0.3 is 5.69 Å². The Hall–Kier alpha value is -4.01. The Bertz CT molecular complexity index is 1260. The number of carbonyl (C=O) groups excluding carboxylic acids is 1. The van der Waals surface area contributed by atoms with Crippen LogP contribution in [0.2, 0.25) is 0 Å². The maximum absolute atomic E-state index is 13.3. The molecular weight excluding hydrogens is 434 g/mol. The van der Waals surface area contributed by atoms with Gasteiger partial charge in [0.15, 0.2) is 5.69 Å². The molecule has 0 aliphatic rings. The molecule has 0 aliphatic carbocycles. The van der Waals surface area contributed by atoms with E-state index in [1.165, 1.54) is 9.47 Å². The first-order valence-electron chi connectivity index (χ1n) is 11.1. The van der Waals surface area contributed by atoms with Crippen LogP contribution in [0, 0.1) is 12.8 Å². The lowest BCUT2D eigenvalue weighted by Crippen LogP contribution is -2.44. The predicted octanol–water partition coefficient (Wildman–Crippen LogP) is 2.59. The Labute approximate surface area is 198 Å². The van der Waals surface area contributed by atoms with Crippen molar-refractivity contribution >= 4 is 23.1 Å². The minimum absolute atomic E-state index is 0.0350. The molecule has 0 unspecified atom stereocenters. The van der Waals surface area contributed by atoms with E-state index in [1.54, 1.807) is 7.11 Å². The van der Waals surface area contributed by atoms with Crippen LogP contribution in [-0.4, -0.2) is 35.7 Å². The van der Waals surface area contributed by atoms with Gasteiger partial charge in [-0.1, -0.05) is 50.2 Å². The van der Waals surface area contributed by atoms with Crippen molar-refractivity contribution < 1.29 is 9.53 Å². The summed E-state index contributed by atoms with van der Waals surface area (Å²) in [4.78, 5) is 42.4. The van der Waals surface area contributed by atoms with Crippen LogP contribution in [0.4, 0.5) is 17.2 Å². The fourth-order valence-corrected chi connectivity index (χ4v) is 3.67. The van der Waals surface area contributed by atoms with Crippen LogP contribution in [0.15, 0.2) is 58.1 Å². The van der Waals surface area contributed by atoms with Crippen molar-refractivity contribution in [1.29, 1.82) is 0 Å². The number of amides is 1. The van der Waals surface area contributed by atoms with E-state index in [0.717, 1.165) is 11.1 Å². The van der Waals surface area contributed by atoms with Gasteiger partial charge in [-0.25, -0.2) is 4.79 Å². The molecule has 34 heavy (non-hydrogen) atoms. The highest BCUT2D eigenvalue weighted by atomic mass is 16.5. The van der Waals surface area contributed by atoms with Gasteiger partial charge in [0.25, 0.3) is 5.56 Å². The molecule has 3 aromatic rings. The van der Waals surface area contributed by atoms with Crippen LogP contribution >= 0.6 is 0 Å². The second kappa shape index (κ2) is 10.7. The van der Waals surface area contributed by atoms with Crippen LogP contribution in [0.5, 0.6) is 5.75 Å². The molecule has 1 aromatic heterocycles. The number of aromatic amines is 1. The number of nitrogens with zero attached hydrogens (tertiary/aromatic N) is 2. The molecule has 4 N–H and O–H groups in total. The Kier molecular flexibility index (Phi) is 7.78. The van der Waals surface area contributed by atoms with E-state index in [4.69, 9.17) is 10.5 Å². The van der Waals surface area contributed by atoms with Gasteiger partial charge in [0, 0.05) is 6.54 Å². The molecule has 1 amide bonds. The fourth-order valence-electron chi connectivity index (χ4n) is 3.67. The summed E-state index contributed by atoms with van der Waals surface area (Å²) in [5.41, 5.74) is 7.47. The molecule has 0 aliphatic heterocycles. The first kappa shape index (κ1) is 24.6. The summed E-state index contributed by atoms with van der Waals surface area (Å²) in [5, 5.41) is 3.10. The molecule has 0 saturated heterocycles. The average molecular weight is 466 g/mol. The van der Waals surface area contributed by atoms with Crippen molar-refractivity contribution in [2.45, 2.75) is 27.3 Å². The van der Waals surface area contributed by atoms with E-state index in [1.807, 2.05) is 69.3 Å². The first-order chi connectivity index (χ1) is 16.2. The number of anilines is 3. The van der Waals surface area contributed by atoms with Crippen molar-refractivity contribution in [1.82, 2.24) is 9.55 Å². The van der Waals surface area contributed by atoms with Crippen LogP contribution in [-0.2, 0) is 11.3 Å². The van der Waals surface area contributed by atoms with E-state index in [9.17, 15) is 14.4 Å². The van der Waals surface area contributed by atoms with Gasteiger partial charge in [0.2, 0.25) is 5.91 Å². The van der Waals surface area contributed by atoms with Crippen molar-refractivity contribution in [2.75, 3.05) is 36.1 Å². The molecular formula is C25H31N5O4. The number of ether oxygens (including phenoxy) is 1. The molecule has 1 heterocycles. The number of methoxy groups -OCH3 is 1. The van der Waals surface area contributed by atoms with Crippen molar-refractivity contribution in [3.8, 4) is 5.75 Å². The zero-order valence-electron chi connectivity index (χ0n) is 19.9. The van der Waals surface area contributed by atoms with E-state index in [-0.39, 0.29) is 43.0 Å². The number of H-pyrrole nitrogens is 1. The van der Waals surface area contributed by atoms with Gasteiger partial charge in [0.1, 0.15) is 11.6 Å². The third-order valence-electron chi connectivity index (χ3n) is 5.30. The van der Waals surface area contributed by atoms with Gasteiger partial charge in [-0.3, -0.25) is 19.1 Å². The number of rotatable bonds is 9. The lowest BCUT2D eigenvalue weighted by atomic mass is 10.2. The smallest absolute Gasteiger partial charge is 0.330 e. The monoisotopic (exact) mass is 465 g/mol. The topological polar surface area (TPSA) is 122 Å². The number of aromatic nitrogens is 2. The number of aryl methyl sites for hydroxylation is 1. The van der Waals surface area contributed by atoms with Gasteiger partial charge in [-0.05, 0) is 36.1 Å². The molecule has 0 saturated carbocycles. The molecule has 0 spiro atoms. The van der Waals surface area contributed by atoms with E-state index >= 15 is 0 Å². The Morgan fingerprint density at radius 2 is 1.88 bits per heavy atom. The van der Waals surface area contributed by atoms with Crippen molar-refractivity contribution in [3.05, 3.63) is 80.5 Å². The second-order valence-corrected chi connectivity index (χ2v) is 8.52. The number of nitrogens with one attached hydrogen (secondary N) is 2. The third kappa shape index (κ3) is 5.67. The van der Waals surface area contributed by atoms with Crippen LogP contribution in [0.1, 0.15) is 25.0 Å². The summed E-state index contributed by atoms with van der Waals surface area (Å²) >= 11 is 0. The second-order valence-electron chi connectivity index (χ2n) is 8.52. The standard InChI is InChI=1S/C25H31N5O4/c1-16(2)14-29(21(31)13-27-19-12-17(3)10-11-20(19)34-4)22-23(26)30(25(33)28-24(22)32)15-18-8-6-5-7-9-18/h5-12,16,27H,13-15,26H2,1-4H3,(H,28,32,33). The fraction of sp³-hybridized carbons (Fsp3) is 0.320. The minimum atomic E-state index is -0.700. The molecule has 0 fully saturated rings. The SMILES string of the molecule is COc1ccc(C)cc1NCC(=O)N(CC(C)C)c1c(N)n(Cc2ccccc2)c(=O)[nH]c1=O. The number of nitrogens with two attached hydrogens (primary N) is 1. The normalized spacial score (nSPS) is 10.9. The Balaban J connectivity index is 1.96. The number of carbonyl (C=O) groups is 1. The molecule has 9 nitrogen and oxygen atoms in total. The molecule has 180 valence electrons. The van der Waals surface area contributed by atoms with Gasteiger partial charge in [-0.2, -0.15) is 0 Å². The number of hydrogen-bond donors (Lipinski definition) is 3. The van der Waals surface area contributed by atoms with Gasteiger partial charge < -0.3 is 20.7 Å². The lowest BCUT2D eigenvalue weighted by Gasteiger charge is -2.26. The predicted molar refractivity (Wildman–Crippen MR) is 135 cm³/mol. The van der Waals surface area contributed by atoms with Crippen LogP contribution in [0.25, 0.3) is 0 Å². The molecule has 0 atom stereocenters. The van der Waals surface area contributed by atoms with Gasteiger partial charge in [-0.15, -0.1) is 0 Å². The highest BCUT2D eigenvalue weighted by molar-refractivity contribution is 5.98. The highest BCUT2D eigenvalue weighted by Crippen LogP contribution is 2.25. The van der Waals surface area contributed by atoms with Crippen LogP contribution < -0.4 is 31.9 Å². The number of hydrogen-bond acceptors (Lipinski definition) is 6. The van der Waals surface area contributed by atoms with E-state index in [2.05, 4.69) is 10.3 Å². The third-order valence-corrected chi connectivity index (χ3v) is 5.30. The minimum Gasteiger partial charge on any atom is -0.495 e. The maximum Gasteiger partial charge on any atom is 0.330 e. The average Bonchev–Trinajstić information content (AvgIpc) is 2.80. The maximum atomic E-state index is 13.3. The summed E-state index contributed by atoms with van der Waals surface area (Å²) in [6.07, 6.45) is 0. The summed E-state index contributed by atoms with van der Waals surface area (Å²) < 4.78 is 6.63. The Morgan fingerprint density at radius 1 is 1.18 bits per heavy atom.